The fourth-order valence-corrected chi connectivity index (χ4v) is 2.66. The molecular formula is C14H15NO2S. The van der Waals surface area contributed by atoms with Crippen molar-refractivity contribution in [1.82, 2.24) is 5.32 Å². The molecule has 2 aromatic rings. The molecule has 0 atom stereocenters. The van der Waals surface area contributed by atoms with E-state index in [1.165, 1.54) is 10.4 Å². The molecule has 3 rings (SSSR count). The van der Waals surface area contributed by atoms with Crippen LogP contribution in [0.25, 0.3) is 0 Å². The Hall–Kier alpha value is -1.52. The molecule has 0 saturated carbocycles. The first-order chi connectivity index (χ1) is 8.92. The first-order valence-electron chi connectivity index (χ1n) is 6.03. The number of hydrogen-bond donors (Lipinski definition) is 1. The van der Waals surface area contributed by atoms with Crippen LogP contribution in [-0.4, -0.2) is 13.3 Å². The monoisotopic (exact) mass is 261 g/mol. The van der Waals surface area contributed by atoms with Crippen molar-refractivity contribution in [3.05, 3.63) is 46.2 Å². The molecule has 0 saturated heterocycles. The average molecular weight is 261 g/mol. The molecule has 0 unspecified atom stereocenters. The van der Waals surface area contributed by atoms with E-state index in [0.29, 0.717) is 6.79 Å². The molecule has 94 valence electrons. The molecule has 4 heteroatoms. The Morgan fingerprint density at radius 1 is 1.17 bits per heavy atom. The highest BCUT2D eigenvalue weighted by molar-refractivity contribution is 7.09. The predicted octanol–water partition coefficient (Wildman–Crippen LogP) is 2.81. The van der Waals surface area contributed by atoms with Crippen molar-refractivity contribution < 1.29 is 9.47 Å². The van der Waals surface area contributed by atoms with Crippen molar-refractivity contribution in [3.8, 4) is 11.5 Å². The third-order valence-electron chi connectivity index (χ3n) is 2.89. The van der Waals surface area contributed by atoms with E-state index in [0.717, 1.165) is 31.0 Å². The molecule has 0 bridgehead atoms. The minimum absolute atomic E-state index is 0.338. The first-order valence-corrected chi connectivity index (χ1v) is 6.91. The molecule has 0 spiro atoms. The summed E-state index contributed by atoms with van der Waals surface area (Å²) in [5.41, 5.74) is 1.23. The van der Waals surface area contributed by atoms with E-state index in [2.05, 4.69) is 28.9 Å². The van der Waals surface area contributed by atoms with Crippen LogP contribution >= 0.6 is 11.3 Å². The lowest BCUT2D eigenvalue weighted by atomic mass is 10.2. The smallest absolute Gasteiger partial charge is 0.231 e. The average Bonchev–Trinajstić information content (AvgIpc) is 3.05. The summed E-state index contributed by atoms with van der Waals surface area (Å²) in [7, 11) is 0. The van der Waals surface area contributed by atoms with Gasteiger partial charge in [-0.05, 0) is 35.6 Å². The van der Waals surface area contributed by atoms with Crippen LogP contribution in [0.15, 0.2) is 35.7 Å². The van der Waals surface area contributed by atoms with Crippen LogP contribution in [-0.2, 0) is 13.0 Å². The first kappa shape index (κ1) is 11.6. The van der Waals surface area contributed by atoms with Gasteiger partial charge in [-0.3, -0.25) is 0 Å². The number of benzene rings is 1. The van der Waals surface area contributed by atoms with Crippen LogP contribution in [0.1, 0.15) is 10.4 Å². The summed E-state index contributed by atoms with van der Waals surface area (Å²) in [5, 5.41) is 5.56. The van der Waals surface area contributed by atoms with Crippen molar-refractivity contribution >= 4 is 11.3 Å². The Bertz CT molecular complexity index is 511. The number of hydrogen-bond acceptors (Lipinski definition) is 4. The SMILES string of the molecule is c1csc(CCNCc2ccc3c(c2)OCO3)c1. The lowest BCUT2D eigenvalue weighted by Gasteiger charge is -2.05. The number of nitrogens with one attached hydrogen (secondary N) is 1. The summed E-state index contributed by atoms with van der Waals surface area (Å²) >= 11 is 1.81. The highest BCUT2D eigenvalue weighted by Crippen LogP contribution is 2.32. The maximum absolute atomic E-state index is 5.36. The maximum atomic E-state index is 5.36. The Balaban J connectivity index is 1.48. The largest absolute Gasteiger partial charge is 0.454 e. The van der Waals surface area contributed by atoms with Gasteiger partial charge in [0.25, 0.3) is 0 Å². The summed E-state index contributed by atoms with van der Waals surface area (Å²) < 4.78 is 10.6. The number of ether oxygens (including phenoxy) is 2. The molecule has 1 aliphatic rings. The Labute approximate surface area is 110 Å². The molecule has 18 heavy (non-hydrogen) atoms. The van der Waals surface area contributed by atoms with Gasteiger partial charge in [0, 0.05) is 18.0 Å². The topological polar surface area (TPSA) is 30.5 Å². The third-order valence-corrected chi connectivity index (χ3v) is 3.83. The quantitative estimate of drug-likeness (QED) is 0.840. The van der Waals surface area contributed by atoms with Crippen molar-refractivity contribution in [3.63, 3.8) is 0 Å². The van der Waals surface area contributed by atoms with E-state index in [1.54, 1.807) is 0 Å². The summed E-state index contributed by atoms with van der Waals surface area (Å²) in [6, 6.07) is 10.4. The number of fused-ring (bicyclic) bond motifs is 1. The van der Waals surface area contributed by atoms with E-state index in [4.69, 9.17) is 9.47 Å². The van der Waals surface area contributed by atoms with Crippen LogP contribution in [0.4, 0.5) is 0 Å². The second-order valence-corrected chi connectivity index (χ2v) is 5.23. The van der Waals surface area contributed by atoms with E-state index >= 15 is 0 Å². The molecule has 0 amide bonds. The van der Waals surface area contributed by atoms with Gasteiger partial charge >= 0.3 is 0 Å². The Kier molecular flexibility index (Phi) is 3.48. The molecule has 1 aromatic carbocycles. The van der Waals surface area contributed by atoms with Crippen molar-refractivity contribution in [2.75, 3.05) is 13.3 Å². The number of thiophene rings is 1. The maximum Gasteiger partial charge on any atom is 0.231 e. The fraction of sp³-hybridized carbons (Fsp3) is 0.286. The zero-order chi connectivity index (χ0) is 12.2. The lowest BCUT2D eigenvalue weighted by Crippen LogP contribution is -2.16. The summed E-state index contributed by atoms with van der Waals surface area (Å²) in [6.45, 7) is 2.20. The van der Waals surface area contributed by atoms with Crippen molar-refractivity contribution in [1.29, 1.82) is 0 Å². The predicted molar refractivity (Wildman–Crippen MR) is 72.3 cm³/mol. The lowest BCUT2D eigenvalue weighted by molar-refractivity contribution is 0.174. The van der Waals surface area contributed by atoms with Gasteiger partial charge in [-0.15, -0.1) is 11.3 Å². The molecule has 0 fully saturated rings. The summed E-state index contributed by atoms with van der Waals surface area (Å²) in [5.74, 6) is 1.70. The normalized spacial score (nSPS) is 12.9. The van der Waals surface area contributed by atoms with E-state index in [9.17, 15) is 0 Å². The molecule has 3 nitrogen and oxygen atoms in total. The molecule has 1 N–H and O–H groups in total. The Morgan fingerprint density at radius 2 is 2.11 bits per heavy atom. The second kappa shape index (κ2) is 5.42. The van der Waals surface area contributed by atoms with E-state index < -0.39 is 0 Å². The molecule has 0 aliphatic carbocycles. The fourth-order valence-electron chi connectivity index (χ4n) is 1.95. The van der Waals surface area contributed by atoms with Gasteiger partial charge in [-0.1, -0.05) is 12.1 Å². The molecule has 2 heterocycles. The van der Waals surface area contributed by atoms with Crippen LogP contribution in [0.3, 0.4) is 0 Å². The second-order valence-electron chi connectivity index (χ2n) is 4.19. The standard InChI is InChI=1S/C14H15NO2S/c1-2-12(18-7-1)5-6-15-9-11-3-4-13-14(8-11)17-10-16-13/h1-4,7-8,15H,5-6,9-10H2. The zero-order valence-electron chi connectivity index (χ0n) is 10.0. The molecular weight excluding hydrogens is 246 g/mol. The Morgan fingerprint density at radius 3 is 3.00 bits per heavy atom. The van der Waals surface area contributed by atoms with E-state index in [-0.39, 0.29) is 0 Å². The summed E-state index contributed by atoms with van der Waals surface area (Å²) in [6.07, 6.45) is 1.09. The van der Waals surface area contributed by atoms with Gasteiger partial charge in [-0.25, -0.2) is 0 Å². The number of rotatable bonds is 5. The van der Waals surface area contributed by atoms with Gasteiger partial charge in [-0.2, -0.15) is 0 Å². The van der Waals surface area contributed by atoms with Gasteiger partial charge < -0.3 is 14.8 Å². The van der Waals surface area contributed by atoms with Crippen LogP contribution in [0.2, 0.25) is 0 Å². The van der Waals surface area contributed by atoms with Gasteiger partial charge in [0.05, 0.1) is 0 Å². The molecule has 1 aromatic heterocycles. The molecule has 0 radical (unpaired) electrons. The van der Waals surface area contributed by atoms with E-state index in [1.807, 2.05) is 23.5 Å². The molecule has 1 aliphatic heterocycles. The van der Waals surface area contributed by atoms with Gasteiger partial charge in [0.1, 0.15) is 0 Å². The summed E-state index contributed by atoms with van der Waals surface area (Å²) in [4.78, 5) is 1.42. The van der Waals surface area contributed by atoms with Gasteiger partial charge in [0.2, 0.25) is 6.79 Å². The highest BCUT2D eigenvalue weighted by atomic mass is 32.1. The minimum Gasteiger partial charge on any atom is -0.454 e. The van der Waals surface area contributed by atoms with Crippen LogP contribution in [0.5, 0.6) is 11.5 Å². The highest BCUT2D eigenvalue weighted by Gasteiger charge is 2.12. The van der Waals surface area contributed by atoms with Gasteiger partial charge in [0.15, 0.2) is 11.5 Å². The van der Waals surface area contributed by atoms with Crippen molar-refractivity contribution in [2.45, 2.75) is 13.0 Å². The van der Waals surface area contributed by atoms with Crippen LogP contribution < -0.4 is 14.8 Å². The minimum atomic E-state index is 0.338. The van der Waals surface area contributed by atoms with Crippen LogP contribution in [0, 0.1) is 0 Å². The zero-order valence-corrected chi connectivity index (χ0v) is 10.8. The van der Waals surface area contributed by atoms with Crippen molar-refractivity contribution in [2.24, 2.45) is 0 Å². The third kappa shape index (κ3) is 2.66.